The number of amides is 2. The normalized spacial score (nSPS) is 14.3. The van der Waals surface area contributed by atoms with Gasteiger partial charge in [0.05, 0.1) is 16.0 Å². The molecule has 9 heteroatoms. The van der Waals surface area contributed by atoms with E-state index < -0.39 is 11.8 Å². The molecule has 0 bridgehead atoms. The summed E-state index contributed by atoms with van der Waals surface area (Å²) in [6, 6.07) is 18.9. The van der Waals surface area contributed by atoms with Crippen molar-refractivity contribution in [1.29, 1.82) is 0 Å². The quantitative estimate of drug-likeness (QED) is 0.234. The number of hydrogen-bond acceptors (Lipinski definition) is 6. The summed E-state index contributed by atoms with van der Waals surface area (Å²) in [5.74, 6) is 0.343. The summed E-state index contributed by atoms with van der Waals surface area (Å²) in [6.45, 7) is 6.60. The summed E-state index contributed by atoms with van der Waals surface area (Å²) < 4.78 is 12.9. The van der Waals surface area contributed by atoms with E-state index in [1.807, 2.05) is 63.2 Å². The molecule has 1 saturated heterocycles. The molecule has 6 nitrogen and oxygen atoms in total. The largest absolute Gasteiger partial charge is 0.490 e. The number of halogens is 1. The SMILES string of the molecule is CCOc1cc(/C=C2/SC(=S)N(NC(=O)c3ccccc3C)C2=O)cc(Br)c1OCc1cccc(C)c1. The summed E-state index contributed by atoms with van der Waals surface area (Å²) >= 11 is 10.1. The van der Waals surface area contributed by atoms with Gasteiger partial charge in [-0.3, -0.25) is 15.0 Å². The first-order valence-electron chi connectivity index (χ1n) is 11.6. The number of aryl methyl sites for hydroxylation is 2. The maximum absolute atomic E-state index is 13.1. The number of hydrazine groups is 1. The van der Waals surface area contributed by atoms with Gasteiger partial charge in [-0.2, -0.15) is 5.01 Å². The standard InChI is InChI=1S/C28H25BrN2O4S2/c1-4-34-23-14-20(13-22(29)25(23)35-16-19-10-7-8-17(2)12-19)15-24-27(33)31(28(36)37-24)30-26(32)21-11-6-5-9-18(21)3/h5-15H,4,16H2,1-3H3,(H,30,32)/b24-15+. The highest BCUT2D eigenvalue weighted by Gasteiger charge is 2.34. The zero-order chi connectivity index (χ0) is 26.5. The van der Waals surface area contributed by atoms with Gasteiger partial charge in [0.2, 0.25) is 0 Å². The van der Waals surface area contributed by atoms with E-state index in [4.69, 9.17) is 21.7 Å². The lowest BCUT2D eigenvalue weighted by Gasteiger charge is -2.16. The highest BCUT2D eigenvalue weighted by Crippen LogP contribution is 2.39. The van der Waals surface area contributed by atoms with E-state index in [9.17, 15) is 9.59 Å². The molecule has 190 valence electrons. The van der Waals surface area contributed by atoms with Crippen molar-refractivity contribution < 1.29 is 19.1 Å². The maximum atomic E-state index is 13.1. The van der Waals surface area contributed by atoms with E-state index in [2.05, 4.69) is 27.4 Å². The predicted octanol–water partition coefficient (Wildman–Crippen LogP) is 6.59. The number of benzene rings is 3. The Hall–Kier alpha value is -3.14. The van der Waals surface area contributed by atoms with E-state index in [0.717, 1.165) is 39.0 Å². The zero-order valence-electron chi connectivity index (χ0n) is 20.5. The fraction of sp³-hybridized carbons (Fsp3) is 0.179. The van der Waals surface area contributed by atoms with Crippen LogP contribution in [-0.4, -0.2) is 27.8 Å². The topological polar surface area (TPSA) is 67.9 Å². The summed E-state index contributed by atoms with van der Waals surface area (Å²) in [6.07, 6.45) is 1.72. The number of nitrogens with one attached hydrogen (secondary N) is 1. The Morgan fingerprint density at radius 2 is 1.89 bits per heavy atom. The van der Waals surface area contributed by atoms with Crippen LogP contribution < -0.4 is 14.9 Å². The molecule has 0 aromatic heterocycles. The average molecular weight is 598 g/mol. The number of ether oxygens (including phenoxy) is 2. The molecular weight excluding hydrogens is 572 g/mol. The number of hydrogen-bond donors (Lipinski definition) is 1. The lowest BCUT2D eigenvalue weighted by Crippen LogP contribution is -2.45. The minimum absolute atomic E-state index is 0.250. The number of thiocarbonyl (C=S) groups is 1. The van der Waals surface area contributed by atoms with E-state index in [0.29, 0.717) is 39.7 Å². The molecule has 1 aliphatic rings. The van der Waals surface area contributed by atoms with Gasteiger partial charge < -0.3 is 9.47 Å². The van der Waals surface area contributed by atoms with Crippen molar-refractivity contribution in [3.63, 3.8) is 0 Å². The third-order valence-corrected chi connectivity index (χ3v) is 7.38. The van der Waals surface area contributed by atoms with Gasteiger partial charge in [0.25, 0.3) is 11.8 Å². The molecule has 3 aromatic carbocycles. The average Bonchev–Trinajstić information content (AvgIpc) is 3.11. The van der Waals surface area contributed by atoms with Crippen LogP contribution in [0.1, 0.15) is 39.5 Å². The fourth-order valence-corrected chi connectivity index (χ4v) is 5.49. The van der Waals surface area contributed by atoms with Crippen LogP contribution in [0.5, 0.6) is 11.5 Å². The van der Waals surface area contributed by atoms with Crippen molar-refractivity contribution in [2.24, 2.45) is 0 Å². The maximum Gasteiger partial charge on any atom is 0.285 e. The minimum atomic E-state index is -0.397. The Bertz CT molecular complexity index is 1410. The zero-order valence-corrected chi connectivity index (χ0v) is 23.8. The molecule has 2 amide bonds. The highest BCUT2D eigenvalue weighted by molar-refractivity contribution is 9.10. The van der Waals surface area contributed by atoms with Crippen LogP contribution in [0.15, 0.2) is 70.0 Å². The summed E-state index contributed by atoms with van der Waals surface area (Å²) in [5, 5.41) is 1.11. The molecule has 0 aliphatic carbocycles. The van der Waals surface area contributed by atoms with E-state index in [1.165, 1.54) is 0 Å². The Balaban J connectivity index is 1.54. The molecule has 1 heterocycles. The van der Waals surface area contributed by atoms with Crippen LogP contribution in [0.2, 0.25) is 0 Å². The number of carbonyl (C=O) groups excluding carboxylic acids is 2. The molecule has 3 aromatic rings. The number of thioether (sulfide) groups is 1. The second-order valence-electron chi connectivity index (χ2n) is 8.31. The molecule has 0 unspecified atom stereocenters. The van der Waals surface area contributed by atoms with Crippen molar-refractivity contribution in [2.75, 3.05) is 6.61 Å². The Morgan fingerprint density at radius 1 is 1.11 bits per heavy atom. The first-order valence-corrected chi connectivity index (χ1v) is 13.6. The van der Waals surface area contributed by atoms with Crippen LogP contribution in [0, 0.1) is 13.8 Å². The van der Waals surface area contributed by atoms with Crippen molar-refractivity contribution in [3.8, 4) is 11.5 Å². The van der Waals surface area contributed by atoms with Gasteiger partial charge in [-0.05, 0) is 89.9 Å². The molecule has 0 atom stereocenters. The minimum Gasteiger partial charge on any atom is -0.490 e. The van der Waals surface area contributed by atoms with E-state index >= 15 is 0 Å². The van der Waals surface area contributed by atoms with Crippen molar-refractivity contribution in [2.45, 2.75) is 27.4 Å². The van der Waals surface area contributed by atoms with Gasteiger partial charge >= 0.3 is 0 Å². The molecule has 1 fully saturated rings. The van der Waals surface area contributed by atoms with Crippen LogP contribution in [0.3, 0.4) is 0 Å². The Morgan fingerprint density at radius 3 is 2.62 bits per heavy atom. The molecule has 37 heavy (non-hydrogen) atoms. The number of nitrogens with zero attached hydrogens (tertiary/aromatic N) is 1. The summed E-state index contributed by atoms with van der Waals surface area (Å²) in [7, 11) is 0. The number of rotatable bonds is 8. The van der Waals surface area contributed by atoms with E-state index in [-0.39, 0.29) is 4.32 Å². The van der Waals surface area contributed by atoms with Crippen molar-refractivity contribution in [3.05, 3.63) is 97.9 Å². The van der Waals surface area contributed by atoms with Crippen molar-refractivity contribution in [1.82, 2.24) is 10.4 Å². The lowest BCUT2D eigenvalue weighted by molar-refractivity contribution is -0.123. The smallest absolute Gasteiger partial charge is 0.285 e. The van der Waals surface area contributed by atoms with Gasteiger partial charge in [0, 0.05) is 5.56 Å². The van der Waals surface area contributed by atoms with Gasteiger partial charge in [-0.1, -0.05) is 59.8 Å². The highest BCUT2D eigenvalue weighted by atomic mass is 79.9. The third kappa shape index (κ3) is 6.41. The summed E-state index contributed by atoms with van der Waals surface area (Å²) in [5.41, 5.74) is 6.85. The molecule has 1 aliphatic heterocycles. The molecule has 0 spiro atoms. The van der Waals surface area contributed by atoms with Crippen LogP contribution in [0.25, 0.3) is 6.08 Å². The Labute approximate surface area is 234 Å². The first kappa shape index (κ1) is 26.9. The van der Waals surface area contributed by atoms with Crippen LogP contribution >= 0.6 is 39.9 Å². The molecule has 0 saturated carbocycles. The Kier molecular flexibility index (Phi) is 8.68. The van der Waals surface area contributed by atoms with Crippen LogP contribution in [0.4, 0.5) is 0 Å². The second kappa shape index (κ2) is 11.9. The molecular formula is C28H25BrN2O4S2. The van der Waals surface area contributed by atoms with Crippen LogP contribution in [-0.2, 0) is 11.4 Å². The first-order chi connectivity index (χ1) is 17.8. The lowest BCUT2D eigenvalue weighted by atomic mass is 10.1. The summed E-state index contributed by atoms with van der Waals surface area (Å²) in [4.78, 5) is 26.2. The monoisotopic (exact) mass is 596 g/mol. The van der Waals surface area contributed by atoms with Gasteiger partial charge in [-0.25, -0.2) is 0 Å². The predicted molar refractivity (Wildman–Crippen MR) is 154 cm³/mol. The third-order valence-electron chi connectivity index (χ3n) is 5.49. The fourth-order valence-electron chi connectivity index (χ4n) is 3.74. The number of carbonyl (C=O) groups is 2. The van der Waals surface area contributed by atoms with Gasteiger partial charge in [0.1, 0.15) is 6.61 Å². The van der Waals surface area contributed by atoms with E-state index in [1.54, 1.807) is 18.2 Å². The molecule has 4 rings (SSSR count). The van der Waals surface area contributed by atoms with Crippen molar-refractivity contribution >= 4 is 62.1 Å². The molecule has 0 radical (unpaired) electrons. The van der Waals surface area contributed by atoms with Gasteiger partial charge in [0.15, 0.2) is 15.8 Å². The molecule has 1 N–H and O–H groups in total. The second-order valence-corrected chi connectivity index (χ2v) is 10.8. The van der Waals surface area contributed by atoms with Gasteiger partial charge in [-0.15, -0.1) is 0 Å².